The molecule has 1 fully saturated rings. The van der Waals surface area contributed by atoms with Crippen LogP contribution in [0.5, 0.6) is 0 Å². The number of nitrogens with one attached hydrogen (secondary N) is 2. The molecule has 1 aliphatic rings. The number of rotatable bonds is 3. The lowest BCUT2D eigenvalue weighted by atomic mass is 10.1. The van der Waals surface area contributed by atoms with Gasteiger partial charge in [0.1, 0.15) is 0 Å². The van der Waals surface area contributed by atoms with Crippen molar-refractivity contribution < 1.29 is 4.79 Å². The van der Waals surface area contributed by atoms with E-state index in [1.54, 1.807) is 0 Å². The molecule has 1 aromatic rings. The van der Waals surface area contributed by atoms with Crippen LogP contribution in [0.15, 0.2) is 28.7 Å². The van der Waals surface area contributed by atoms with Gasteiger partial charge in [-0.3, -0.25) is 4.79 Å². The average Bonchev–Trinajstić information content (AvgIpc) is 2.82. The van der Waals surface area contributed by atoms with Crippen molar-refractivity contribution in [3.63, 3.8) is 0 Å². The Hall–Kier alpha value is -0.870. The van der Waals surface area contributed by atoms with E-state index in [1.807, 2.05) is 31.2 Å². The lowest BCUT2D eigenvalue weighted by Crippen LogP contribution is -2.41. The number of hydrogen-bond acceptors (Lipinski definition) is 2. The zero-order chi connectivity index (χ0) is 12.3. The molecule has 2 rings (SSSR count). The van der Waals surface area contributed by atoms with Crippen molar-refractivity contribution in [2.24, 2.45) is 0 Å². The highest BCUT2D eigenvalue weighted by Crippen LogP contribution is 2.22. The van der Waals surface area contributed by atoms with Crippen LogP contribution in [0.2, 0.25) is 0 Å². The highest BCUT2D eigenvalue weighted by molar-refractivity contribution is 9.10. The molecule has 1 aliphatic heterocycles. The molecule has 1 heterocycles. The third kappa shape index (κ3) is 3.07. The van der Waals surface area contributed by atoms with Gasteiger partial charge in [-0.2, -0.15) is 0 Å². The molecule has 0 spiro atoms. The monoisotopic (exact) mass is 296 g/mol. The van der Waals surface area contributed by atoms with Crippen LogP contribution in [-0.4, -0.2) is 18.5 Å². The van der Waals surface area contributed by atoms with E-state index in [0.717, 1.165) is 29.4 Å². The summed E-state index contributed by atoms with van der Waals surface area (Å²) in [5, 5.41) is 6.25. The minimum Gasteiger partial charge on any atom is -0.348 e. The van der Waals surface area contributed by atoms with Crippen LogP contribution in [-0.2, 0) is 4.79 Å². The van der Waals surface area contributed by atoms with Crippen LogP contribution in [0, 0.1) is 0 Å². The lowest BCUT2D eigenvalue weighted by Gasteiger charge is -2.18. The maximum absolute atomic E-state index is 12.0. The summed E-state index contributed by atoms with van der Waals surface area (Å²) >= 11 is 3.50. The SMILES string of the molecule is CC(NC(=O)[C@@H]1CCCN1)c1ccccc1Br. The molecule has 17 heavy (non-hydrogen) atoms. The van der Waals surface area contributed by atoms with E-state index in [0.29, 0.717) is 0 Å². The number of halogens is 1. The van der Waals surface area contributed by atoms with Gasteiger partial charge in [-0.15, -0.1) is 0 Å². The lowest BCUT2D eigenvalue weighted by molar-refractivity contribution is -0.123. The molecule has 1 aromatic carbocycles. The van der Waals surface area contributed by atoms with Gasteiger partial charge < -0.3 is 10.6 Å². The summed E-state index contributed by atoms with van der Waals surface area (Å²) < 4.78 is 1.03. The Morgan fingerprint density at radius 2 is 2.29 bits per heavy atom. The molecule has 2 N–H and O–H groups in total. The molecule has 1 unspecified atom stereocenters. The van der Waals surface area contributed by atoms with Gasteiger partial charge in [-0.05, 0) is 37.9 Å². The largest absolute Gasteiger partial charge is 0.348 e. The van der Waals surface area contributed by atoms with E-state index in [4.69, 9.17) is 0 Å². The Morgan fingerprint density at radius 3 is 2.94 bits per heavy atom. The van der Waals surface area contributed by atoms with Crippen LogP contribution >= 0.6 is 15.9 Å². The molecule has 3 nitrogen and oxygen atoms in total. The van der Waals surface area contributed by atoms with Crippen LogP contribution in [0.4, 0.5) is 0 Å². The van der Waals surface area contributed by atoms with Crippen molar-refractivity contribution in [1.29, 1.82) is 0 Å². The summed E-state index contributed by atoms with van der Waals surface area (Å²) in [5.74, 6) is 0.103. The van der Waals surface area contributed by atoms with Crippen molar-refractivity contribution in [2.45, 2.75) is 31.8 Å². The van der Waals surface area contributed by atoms with Gasteiger partial charge in [0.15, 0.2) is 0 Å². The number of amides is 1. The van der Waals surface area contributed by atoms with Gasteiger partial charge >= 0.3 is 0 Å². The molecule has 2 atom stereocenters. The number of carbonyl (C=O) groups excluding carboxylic acids is 1. The van der Waals surface area contributed by atoms with Crippen molar-refractivity contribution in [3.8, 4) is 0 Å². The third-order valence-corrected chi connectivity index (χ3v) is 3.83. The summed E-state index contributed by atoms with van der Waals surface area (Å²) in [4.78, 5) is 12.0. The zero-order valence-electron chi connectivity index (χ0n) is 9.87. The second kappa shape index (κ2) is 5.65. The Balaban J connectivity index is 1.99. The summed E-state index contributed by atoms with van der Waals surface area (Å²) in [6, 6.07) is 7.99. The van der Waals surface area contributed by atoms with Crippen LogP contribution < -0.4 is 10.6 Å². The molecule has 1 amide bonds. The molecular weight excluding hydrogens is 280 g/mol. The first-order valence-corrected chi connectivity index (χ1v) is 6.76. The van der Waals surface area contributed by atoms with Crippen molar-refractivity contribution >= 4 is 21.8 Å². The molecule has 0 radical (unpaired) electrons. The van der Waals surface area contributed by atoms with E-state index in [-0.39, 0.29) is 18.0 Å². The van der Waals surface area contributed by atoms with E-state index >= 15 is 0 Å². The second-order valence-electron chi connectivity index (χ2n) is 4.40. The van der Waals surface area contributed by atoms with E-state index in [1.165, 1.54) is 0 Å². The van der Waals surface area contributed by atoms with Crippen molar-refractivity contribution in [2.75, 3.05) is 6.54 Å². The standard InChI is InChI=1S/C13H17BrN2O/c1-9(10-5-2-3-6-11(10)14)16-13(17)12-7-4-8-15-12/h2-3,5-6,9,12,15H,4,7-8H2,1H3,(H,16,17)/t9?,12-/m0/s1. The molecule has 0 saturated carbocycles. The molecule has 0 bridgehead atoms. The predicted octanol–water partition coefficient (Wildman–Crippen LogP) is 2.38. The summed E-state index contributed by atoms with van der Waals surface area (Å²) in [5.41, 5.74) is 1.11. The molecule has 4 heteroatoms. The van der Waals surface area contributed by atoms with Crippen LogP contribution in [0.25, 0.3) is 0 Å². The van der Waals surface area contributed by atoms with Gasteiger partial charge in [-0.25, -0.2) is 0 Å². The number of hydrogen-bond donors (Lipinski definition) is 2. The minimum atomic E-state index is -0.0139. The fourth-order valence-electron chi connectivity index (χ4n) is 2.13. The van der Waals surface area contributed by atoms with Crippen LogP contribution in [0.3, 0.4) is 0 Å². The quantitative estimate of drug-likeness (QED) is 0.899. The van der Waals surface area contributed by atoms with Crippen molar-refractivity contribution in [3.05, 3.63) is 34.3 Å². The second-order valence-corrected chi connectivity index (χ2v) is 5.26. The minimum absolute atomic E-state index is 0.0139. The fraction of sp³-hybridized carbons (Fsp3) is 0.462. The maximum atomic E-state index is 12.0. The molecule has 0 aliphatic carbocycles. The first-order valence-electron chi connectivity index (χ1n) is 5.96. The smallest absolute Gasteiger partial charge is 0.237 e. The van der Waals surface area contributed by atoms with Crippen molar-refractivity contribution in [1.82, 2.24) is 10.6 Å². The topological polar surface area (TPSA) is 41.1 Å². The summed E-state index contributed by atoms with van der Waals surface area (Å²) in [6.07, 6.45) is 2.02. The zero-order valence-corrected chi connectivity index (χ0v) is 11.5. The van der Waals surface area contributed by atoms with Crippen LogP contribution in [0.1, 0.15) is 31.4 Å². The molecule has 1 saturated heterocycles. The van der Waals surface area contributed by atoms with Gasteiger partial charge in [0.25, 0.3) is 0 Å². The average molecular weight is 297 g/mol. The van der Waals surface area contributed by atoms with E-state index < -0.39 is 0 Å². The van der Waals surface area contributed by atoms with Gasteiger partial charge in [0.05, 0.1) is 12.1 Å². The highest BCUT2D eigenvalue weighted by atomic mass is 79.9. The third-order valence-electron chi connectivity index (χ3n) is 3.11. The highest BCUT2D eigenvalue weighted by Gasteiger charge is 2.23. The van der Waals surface area contributed by atoms with E-state index in [9.17, 15) is 4.79 Å². The Kier molecular flexibility index (Phi) is 4.18. The Morgan fingerprint density at radius 1 is 1.53 bits per heavy atom. The van der Waals surface area contributed by atoms with Gasteiger partial charge in [0, 0.05) is 4.47 Å². The first-order chi connectivity index (χ1) is 8.18. The summed E-state index contributed by atoms with van der Waals surface area (Å²) in [6.45, 7) is 2.95. The van der Waals surface area contributed by atoms with Gasteiger partial charge in [0.2, 0.25) is 5.91 Å². The Bertz CT molecular complexity index is 402. The molecule has 92 valence electrons. The first kappa shape index (κ1) is 12.6. The number of benzene rings is 1. The Labute approximate surface area is 110 Å². The molecule has 0 aromatic heterocycles. The summed E-state index contributed by atoms with van der Waals surface area (Å²) in [7, 11) is 0. The normalized spacial score (nSPS) is 21.2. The fourth-order valence-corrected chi connectivity index (χ4v) is 2.75. The van der Waals surface area contributed by atoms with Gasteiger partial charge in [-0.1, -0.05) is 34.1 Å². The van der Waals surface area contributed by atoms with E-state index in [2.05, 4.69) is 26.6 Å². The number of carbonyl (C=O) groups is 1. The predicted molar refractivity (Wildman–Crippen MR) is 71.7 cm³/mol. The molecular formula is C13H17BrN2O. The maximum Gasteiger partial charge on any atom is 0.237 e.